The minimum Gasteiger partial charge on any atom is -0.342 e. The second-order valence-electron chi connectivity index (χ2n) is 9.33. The van der Waals surface area contributed by atoms with E-state index in [1.165, 1.54) is 18.4 Å². The summed E-state index contributed by atoms with van der Waals surface area (Å²) in [5.74, 6) is 0.341. The summed E-state index contributed by atoms with van der Waals surface area (Å²) < 4.78 is 0. The largest absolute Gasteiger partial charge is 0.342 e. The Labute approximate surface area is 191 Å². The van der Waals surface area contributed by atoms with Crippen LogP contribution in [-0.4, -0.2) is 89.7 Å². The molecule has 1 atom stereocenters. The molecule has 1 unspecified atom stereocenters. The Morgan fingerprint density at radius 2 is 1.47 bits per heavy atom. The molecule has 7 nitrogen and oxygen atoms in total. The first-order valence-corrected chi connectivity index (χ1v) is 12.2. The summed E-state index contributed by atoms with van der Waals surface area (Å²) in [6.07, 6.45) is 5.81. The monoisotopic (exact) mass is 440 g/mol. The van der Waals surface area contributed by atoms with Crippen LogP contribution in [0, 0.1) is 0 Å². The highest BCUT2D eigenvalue weighted by atomic mass is 16.2. The van der Waals surface area contributed by atoms with Gasteiger partial charge in [-0.25, -0.2) is 0 Å². The van der Waals surface area contributed by atoms with E-state index in [2.05, 4.69) is 17.0 Å². The molecule has 3 heterocycles. The Hall–Kier alpha value is -2.41. The van der Waals surface area contributed by atoms with Gasteiger partial charge >= 0.3 is 0 Å². The maximum absolute atomic E-state index is 13.2. The number of fused-ring (bicyclic) bond motifs is 1. The Kier molecular flexibility index (Phi) is 7.45. The van der Waals surface area contributed by atoms with Crippen LogP contribution in [0.5, 0.6) is 0 Å². The number of hydrogen-bond donors (Lipinski definition) is 0. The minimum absolute atomic E-state index is 0.0224. The smallest absolute Gasteiger partial charge is 0.236 e. The zero-order chi connectivity index (χ0) is 22.5. The van der Waals surface area contributed by atoms with Crippen LogP contribution in [-0.2, 0) is 20.8 Å². The van der Waals surface area contributed by atoms with Gasteiger partial charge in [0.15, 0.2) is 0 Å². The van der Waals surface area contributed by atoms with E-state index in [1.54, 1.807) is 6.92 Å². The van der Waals surface area contributed by atoms with Crippen LogP contribution in [0.1, 0.15) is 56.2 Å². The van der Waals surface area contributed by atoms with E-state index in [0.717, 1.165) is 51.0 Å². The summed E-state index contributed by atoms with van der Waals surface area (Å²) in [5, 5.41) is 0. The van der Waals surface area contributed by atoms with Crippen molar-refractivity contribution >= 4 is 17.7 Å². The first-order valence-electron chi connectivity index (χ1n) is 12.2. The van der Waals surface area contributed by atoms with Gasteiger partial charge in [-0.3, -0.25) is 19.3 Å². The molecule has 3 amide bonds. The molecule has 4 rings (SSSR count). The van der Waals surface area contributed by atoms with Gasteiger partial charge in [0.05, 0.1) is 19.0 Å². The molecule has 32 heavy (non-hydrogen) atoms. The molecule has 0 bridgehead atoms. The minimum atomic E-state index is -0.187. The molecule has 0 N–H and O–H groups in total. The van der Waals surface area contributed by atoms with E-state index in [1.807, 2.05) is 26.8 Å². The highest BCUT2D eigenvalue weighted by molar-refractivity contribution is 5.80. The lowest BCUT2D eigenvalue weighted by Gasteiger charge is -2.39. The Morgan fingerprint density at radius 3 is 2.16 bits per heavy atom. The van der Waals surface area contributed by atoms with Gasteiger partial charge in [-0.2, -0.15) is 0 Å². The summed E-state index contributed by atoms with van der Waals surface area (Å²) in [7, 11) is 0. The van der Waals surface area contributed by atoms with Crippen LogP contribution in [0.15, 0.2) is 24.3 Å². The highest BCUT2D eigenvalue weighted by Crippen LogP contribution is 2.32. The van der Waals surface area contributed by atoms with Crippen LogP contribution in [0.3, 0.4) is 0 Å². The van der Waals surface area contributed by atoms with Crippen molar-refractivity contribution in [1.29, 1.82) is 0 Å². The van der Waals surface area contributed by atoms with Gasteiger partial charge in [-0.15, -0.1) is 0 Å². The van der Waals surface area contributed by atoms with Gasteiger partial charge in [0.1, 0.15) is 0 Å². The molecule has 174 valence electrons. The molecule has 0 aromatic heterocycles. The lowest BCUT2D eigenvalue weighted by Crippen LogP contribution is -2.52. The molecule has 0 saturated carbocycles. The van der Waals surface area contributed by atoms with Gasteiger partial charge in [0.25, 0.3) is 0 Å². The third-order valence-corrected chi connectivity index (χ3v) is 7.23. The second-order valence-corrected chi connectivity index (χ2v) is 9.33. The molecular formula is C25H36N4O3. The fraction of sp³-hybridized carbons (Fsp3) is 0.640. The number of piperazine rings is 1. The number of hydrogen-bond acceptors (Lipinski definition) is 4. The van der Waals surface area contributed by atoms with E-state index in [9.17, 15) is 14.4 Å². The number of carbonyl (C=O) groups is 3. The molecule has 2 fully saturated rings. The van der Waals surface area contributed by atoms with Crippen molar-refractivity contribution < 1.29 is 14.4 Å². The van der Waals surface area contributed by atoms with Crippen molar-refractivity contribution in [3.05, 3.63) is 35.4 Å². The van der Waals surface area contributed by atoms with Crippen LogP contribution < -0.4 is 0 Å². The van der Waals surface area contributed by atoms with Crippen LogP contribution in [0.4, 0.5) is 0 Å². The molecule has 0 radical (unpaired) electrons. The topological polar surface area (TPSA) is 64.2 Å². The predicted octanol–water partition coefficient (Wildman–Crippen LogP) is 2.07. The van der Waals surface area contributed by atoms with E-state index in [-0.39, 0.29) is 23.8 Å². The summed E-state index contributed by atoms with van der Waals surface area (Å²) in [6, 6.07) is 7.97. The van der Waals surface area contributed by atoms with Gasteiger partial charge in [0, 0.05) is 52.7 Å². The maximum atomic E-state index is 13.2. The van der Waals surface area contributed by atoms with Crippen LogP contribution in [0.2, 0.25) is 0 Å². The number of amides is 3. The summed E-state index contributed by atoms with van der Waals surface area (Å²) in [5.41, 5.74) is 2.34. The SMILES string of the molecule is CC(=O)N1CCc2ccccc2C1CC(=O)N1CCN(CC(=O)N2CCCCCC2)CC1. The number of benzene rings is 1. The zero-order valence-electron chi connectivity index (χ0n) is 19.3. The van der Waals surface area contributed by atoms with E-state index >= 15 is 0 Å². The van der Waals surface area contributed by atoms with Gasteiger partial charge in [0.2, 0.25) is 17.7 Å². The van der Waals surface area contributed by atoms with Crippen molar-refractivity contribution in [1.82, 2.24) is 19.6 Å². The third kappa shape index (κ3) is 5.31. The second kappa shape index (κ2) is 10.5. The number of rotatable bonds is 4. The average Bonchev–Trinajstić information content (AvgIpc) is 3.09. The van der Waals surface area contributed by atoms with Gasteiger partial charge < -0.3 is 14.7 Å². The number of nitrogens with zero attached hydrogens (tertiary/aromatic N) is 4. The van der Waals surface area contributed by atoms with Crippen LogP contribution in [0.25, 0.3) is 0 Å². The molecule has 3 aliphatic heterocycles. The maximum Gasteiger partial charge on any atom is 0.236 e. The van der Waals surface area contributed by atoms with Crippen molar-refractivity contribution in [2.45, 2.75) is 51.5 Å². The normalized spacial score (nSPS) is 22.3. The average molecular weight is 441 g/mol. The predicted molar refractivity (Wildman–Crippen MR) is 123 cm³/mol. The fourth-order valence-electron chi connectivity index (χ4n) is 5.31. The van der Waals surface area contributed by atoms with Gasteiger partial charge in [-0.1, -0.05) is 37.1 Å². The Bertz CT molecular complexity index is 826. The number of likely N-dealkylation sites (tertiary alicyclic amines) is 1. The van der Waals surface area contributed by atoms with E-state index in [0.29, 0.717) is 32.6 Å². The molecule has 7 heteroatoms. The van der Waals surface area contributed by atoms with Crippen molar-refractivity contribution in [2.24, 2.45) is 0 Å². The fourth-order valence-corrected chi connectivity index (χ4v) is 5.31. The van der Waals surface area contributed by atoms with E-state index in [4.69, 9.17) is 0 Å². The third-order valence-electron chi connectivity index (χ3n) is 7.23. The molecule has 1 aromatic rings. The van der Waals surface area contributed by atoms with Crippen molar-refractivity contribution in [3.63, 3.8) is 0 Å². The molecule has 1 aromatic carbocycles. The summed E-state index contributed by atoms with van der Waals surface area (Å²) in [6.45, 7) is 7.20. The van der Waals surface area contributed by atoms with Crippen LogP contribution >= 0.6 is 0 Å². The first-order chi connectivity index (χ1) is 15.5. The first kappa shape index (κ1) is 22.8. The van der Waals surface area contributed by atoms with Gasteiger partial charge in [-0.05, 0) is 30.4 Å². The summed E-state index contributed by atoms with van der Waals surface area (Å²) in [4.78, 5) is 46.0. The van der Waals surface area contributed by atoms with E-state index < -0.39 is 0 Å². The molecule has 3 aliphatic rings. The summed E-state index contributed by atoms with van der Waals surface area (Å²) >= 11 is 0. The molecular weight excluding hydrogens is 404 g/mol. The number of carbonyl (C=O) groups excluding carboxylic acids is 3. The quantitative estimate of drug-likeness (QED) is 0.719. The van der Waals surface area contributed by atoms with Crippen molar-refractivity contribution in [3.8, 4) is 0 Å². The van der Waals surface area contributed by atoms with Crippen molar-refractivity contribution in [2.75, 3.05) is 52.4 Å². The lowest BCUT2D eigenvalue weighted by molar-refractivity contribution is -0.138. The highest BCUT2D eigenvalue weighted by Gasteiger charge is 2.33. The molecule has 0 spiro atoms. The molecule has 2 saturated heterocycles. The Balaban J connectivity index is 1.31. The Morgan fingerprint density at radius 1 is 0.812 bits per heavy atom. The standard InChI is InChI=1S/C25H36N4O3/c1-20(30)29-13-10-21-8-4-5-9-22(21)23(29)18-24(31)28-16-14-26(15-17-28)19-25(32)27-11-6-2-3-7-12-27/h4-5,8-9,23H,2-3,6-7,10-19H2,1H3. The molecule has 0 aliphatic carbocycles. The lowest BCUT2D eigenvalue weighted by atomic mass is 9.90. The zero-order valence-corrected chi connectivity index (χ0v) is 19.3.